The smallest absolute Gasteiger partial charge is 0.319 e. The fourth-order valence-electron chi connectivity index (χ4n) is 8.66. The van der Waals surface area contributed by atoms with Gasteiger partial charge in [0.15, 0.2) is 19.7 Å². The highest BCUT2D eigenvalue weighted by atomic mass is 35.5. The molecule has 8 rings (SSSR count). The summed E-state index contributed by atoms with van der Waals surface area (Å²) < 4.78 is 71.0. The minimum atomic E-state index is -3.73. The Morgan fingerprint density at radius 1 is 0.606 bits per heavy atom. The van der Waals surface area contributed by atoms with Gasteiger partial charge in [-0.25, -0.2) is 26.4 Å². The lowest BCUT2D eigenvalue weighted by Gasteiger charge is -2.21. The van der Waals surface area contributed by atoms with E-state index in [0.717, 1.165) is 41.8 Å². The van der Waals surface area contributed by atoms with Gasteiger partial charge in [0.1, 0.15) is 23.9 Å². The molecule has 0 bridgehead atoms. The molecule has 0 saturated carbocycles. The molecule has 2 unspecified atom stereocenters. The maximum Gasteiger partial charge on any atom is 0.319 e. The molecule has 6 aromatic carbocycles. The Morgan fingerprint density at radius 3 is 2.03 bits per heavy atom. The first-order valence-corrected chi connectivity index (χ1v) is 26.9. The summed E-state index contributed by atoms with van der Waals surface area (Å²) in [7, 11) is -4.53. The molecule has 4 amide bonds. The third-order valence-corrected chi connectivity index (χ3v) is 16.8. The molecule has 15 nitrogen and oxygen atoms in total. The first-order chi connectivity index (χ1) is 34.0. The van der Waals surface area contributed by atoms with E-state index >= 15 is 0 Å². The molecular formula is C52H54Cl2N6O9S2. The van der Waals surface area contributed by atoms with Crippen molar-refractivity contribution in [2.45, 2.75) is 79.9 Å². The number of anilines is 2. The van der Waals surface area contributed by atoms with E-state index in [1.54, 1.807) is 38.1 Å². The van der Waals surface area contributed by atoms with Crippen LogP contribution in [0.3, 0.4) is 0 Å². The van der Waals surface area contributed by atoms with Crippen LogP contribution in [0.1, 0.15) is 76.0 Å². The molecule has 71 heavy (non-hydrogen) atoms. The molecular weight excluding hydrogens is 988 g/mol. The minimum absolute atomic E-state index is 0.0253. The van der Waals surface area contributed by atoms with Crippen LogP contribution in [-0.4, -0.2) is 49.7 Å². The molecule has 2 atom stereocenters. The number of halogens is 2. The van der Waals surface area contributed by atoms with Gasteiger partial charge in [-0.2, -0.15) is 0 Å². The monoisotopic (exact) mass is 1040 g/mol. The number of nitrogens with one attached hydrogen (secondary N) is 6. The van der Waals surface area contributed by atoms with Crippen molar-refractivity contribution in [1.82, 2.24) is 21.3 Å². The number of amides is 4. The number of carbonyl (C=O) groups excluding carboxylic acids is 2. The lowest BCUT2D eigenvalue weighted by molar-refractivity contribution is 0.248. The summed E-state index contributed by atoms with van der Waals surface area (Å²) in [6.07, 6.45) is 0.806. The minimum Gasteiger partial charge on any atom is -0.496 e. The maximum absolute atomic E-state index is 13.5. The molecule has 2 heterocycles. The Balaban J connectivity index is 0.840. The van der Waals surface area contributed by atoms with Gasteiger partial charge in [0.25, 0.3) is 0 Å². The van der Waals surface area contributed by atoms with Crippen LogP contribution in [0.5, 0.6) is 17.2 Å². The molecule has 0 fully saturated rings. The number of benzene rings is 6. The Hall–Kier alpha value is -6.34. The molecule has 0 radical (unpaired) electrons. The first-order valence-electron chi connectivity index (χ1n) is 22.8. The van der Waals surface area contributed by atoms with E-state index in [1.165, 1.54) is 56.7 Å². The Morgan fingerprint density at radius 2 is 1.27 bits per heavy atom. The zero-order chi connectivity index (χ0) is 50.5. The summed E-state index contributed by atoms with van der Waals surface area (Å²) in [5.74, 6) is 0.776. The Kier molecular flexibility index (Phi) is 15.8. The van der Waals surface area contributed by atoms with Gasteiger partial charge in [-0.1, -0.05) is 77.8 Å². The van der Waals surface area contributed by atoms with E-state index < -0.39 is 43.8 Å². The third-order valence-electron chi connectivity index (χ3n) is 12.5. The topological polar surface area (TPSA) is 202 Å². The van der Waals surface area contributed by atoms with Gasteiger partial charge < -0.3 is 46.1 Å². The molecule has 0 aromatic heterocycles. The van der Waals surface area contributed by atoms with Crippen molar-refractivity contribution in [3.63, 3.8) is 0 Å². The van der Waals surface area contributed by atoms with Crippen LogP contribution in [-0.2, 0) is 63.8 Å². The zero-order valence-electron chi connectivity index (χ0n) is 39.5. The summed E-state index contributed by atoms with van der Waals surface area (Å²) in [6.45, 7) is 6.56. The van der Waals surface area contributed by atoms with Gasteiger partial charge in [-0.05, 0) is 109 Å². The molecule has 0 spiro atoms. The fraction of sp³-hybridized carbons (Fsp3) is 0.269. The van der Waals surface area contributed by atoms with E-state index in [9.17, 15) is 26.4 Å². The number of carbonyl (C=O) groups is 2. The van der Waals surface area contributed by atoms with Crippen LogP contribution in [0.25, 0.3) is 0 Å². The van der Waals surface area contributed by atoms with Crippen LogP contribution < -0.4 is 46.1 Å². The largest absolute Gasteiger partial charge is 0.496 e. The number of urea groups is 2. The molecule has 6 aromatic rings. The van der Waals surface area contributed by atoms with E-state index in [1.807, 2.05) is 42.5 Å². The summed E-state index contributed by atoms with van der Waals surface area (Å²) in [5, 5.41) is 18.3. The van der Waals surface area contributed by atoms with Crippen molar-refractivity contribution in [2.75, 3.05) is 31.4 Å². The van der Waals surface area contributed by atoms with Crippen LogP contribution in [0.2, 0.25) is 10.0 Å². The first kappa shape index (κ1) is 51.0. The average molecular weight is 1040 g/mol. The van der Waals surface area contributed by atoms with Crippen LogP contribution in [0.4, 0.5) is 21.0 Å². The van der Waals surface area contributed by atoms with Gasteiger partial charge >= 0.3 is 12.1 Å². The van der Waals surface area contributed by atoms with E-state index in [0.29, 0.717) is 58.1 Å². The second-order valence-electron chi connectivity index (χ2n) is 17.4. The predicted molar refractivity (Wildman–Crippen MR) is 275 cm³/mol. The van der Waals surface area contributed by atoms with E-state index in [2.05, 4.69) is 31.9 Å². The zero-order valence-corrected chi connectivity index (χ0v) is 42.6. The Bertz CT molecular complexity index is 3210. The van der Waals surface area contributed by atoms with Gasteiger partial charge in [0, 0.05) is 48.1 Å². The van der Waals surface area contributed by atoms with E-state index in [-0.39, 0.29) is 49.4 Å². The van der Waals surface area contributed by atoms with Gasteiger partial charge in [0.2, 0.25) is 0 Å². The molecule has 0 aliphatic carbocycles. The molecule has 2 aliphatic heterocycles. The lowest BCUT2D eigenvalue weighted by Crippen LogP contribution is -2.31. The predicted octanol–water partition coefficient (Wildman–Crippen LogP) is 9.55. The molecule has 2 aliphatic rings. The maximum atomic E-state index is 13.5. The summed E-state index contributed by atoms with van der Waals surface area (Å²) in [5.41, 5.74) is 8.19. The van der Waals surface area contributed by atoms with Crippen LogP contribution >= 0.6 is 23.2 Å². The van der Waals surface area contributed by atoms with Crippen molar-refractivity contribution in [1.29, 1.82) is 0 Å². The van der Waals surface area contributed by atoms with Crippen LogP contribution in [0.15, 0.2) is 119 Å². The standard InChI is InChI=1S/C52H54Cl2N6O9S2/c1-31(57-52(62)60-45-18-16-42(24-48(45)68-4)70(63,64)29-33-9-10-35-25-56-27-37(35)21-33)43-7-5-6-8-46(43)69-28-36-11-17-44(50(54)49(36)53)32(2)58-51(61)59-40-12-14-41(15-13-40)71(65,66)30-39-22-34-19-20-55-26-38(34)23-47(39)67-3/h5-18,21-24,31-32,55-56H,19-20,25-30H2,1-4H3,(H2,57,60,62)(H2,58,59,61). The second-order valence-corrected chi connectivity index (χ2v) is 22.1. The Labute approximate surface area is 423 Å². The molecule has 19 heteroatoms. The molecule has 0 saturated heterocycles. The highest BCUT2D eigenvalue weighted by Gasteiger charge is 2.24. The highest BCUT2D eigenvalue weighted by molar-refractivity contribution is 7.91. The summed E-state index contributed by atoms with van der Waals surface area (Å²) in [6, 6.07) is 28.3. The van der Waals surface area contributed by atoms with Gasteiger partial charge in [0.05, 0.1) is 63.3 Å². The lowest BCUT2D eigenvalue weighted by atomic mass is 9.98. The quantitative estimate of drug-likeness (QED) is 0.0508. The summed E-state index contributed by atoms with van der Waals surface area (Å²) >= 11 is 13.6. The average Bonchev–Trinajstić information content (AvgIpc) is 3.82. The number of methoxy groups -OCH3 is 2. The number of hydrogen-bond donors (Lipinski definition) is 6. The van der Waals surface area contributed by atoms with Crippen LogP contribution in [0, 0.1) is 0 Å². The SMILES string of the molecule is COc1cc2c(cc1CS(=O)(=O)c1ccc(NC(=O)NC(C)c3ccc(COc4ccccc4C(C)NC(=O)Nc4ccc(S(=O)(=O)Cc5ccc6c(c5)CNC6)cc4OC)c(Cl)c3Cl)cc1)CCNC2. The number of sulfone groups is 2. The fourth-order valence-corrected chi connectivity index (χ4v) is 11.9. The number of hydrogen-bond acceptors (Lipinski definition) is 11. The normalized spacial score (nSPS) is 14.1. The van der Waals surface area contributed by atoms with Gasteiger partial charge in [-0.15, -0.1) is 0 Å². The molecule has 372 valence electrons. The number of ether oxygens (including phenoxy) is 3. The third kappa shape index (κ3) is 12.1. The van der Waals surface area contributed by atoms with Crippen molar-refractivity contribution in [2.24, 2.45) is 0 Å². The second kappa shape index (κ2) is 22.0. The summed E-state index contributed by atoms with van der Waals surface area (Å²) in [4.78, 5) is 26.6. The number of fused-ring (bicyclic) bond motifs is 2. The molecule has 6 N–H and O–H groups in total. The van der Waals surface area contributed by atoms with E-state index in [4.69, 9.17) is 37.4 Å². The van der Waals surface area contributed by atoms with Crippen molar-refractivity contribution >= 4 is 66.3 Å². The highest BCUT2D eigenvalue weighted by Crippen LogP contribution is 2.36. The van der Waals surface area contributed by atoms with Crippen molar-refractivity contribution in [3.8, 4) is 17.2 Å². The van der Waals surface area contributed by atoms with Crippen molar-refractivity contribution in [3.05, 3.63) is 169 Å². The number of para-hydroxylation sites is 1. The number of rotatable bonds is 17. The van der Waals surface area contributed by atoms with Crippen molar-refractivity contribution < 1.29 is 40.6 Å². The van der Waals surface area contributed by atoms with Gasteiger partial charge in [-0.3, -0.25) is 0 Å².